The highest BCUT2D eigenvalue weighted by atomic mass is 35.5. The predicted octanol–water partition coefficient (Wildman–Crippen LogP) is 2.32. The number of nitrogens with zero attached hydrogens (tertiary/aromatic N) is 1. The van der Waals surface area contributed by atoms with Gasteiger partial charge in [0.2, 0.25) is 5.88 Å². The van der Waals surface area contributed by atoms with Crippen LogP contribution in [0.5, 0.6) is 5.88 Å². The molecule has 0 aliphatic heterocycles. The van der Waals surface area contributed by atoms with Crippen LogP contribution in [0.1, 0.15) is 24.8 Å². The number of carbonyl (C=O) groups is 1. The molecule has 0 saturated heterocycles. The minimum Gasteiger partial charge on any atom is -0.481 e. The number of pyridine rings is 1. The van der Waals surface area contributed by atoms with Gasteiger partial charge in [-0.15, -0.1) is 0 Å². The van der Waals surface area contributed by atoms with Crippen LogP contribution in [0.25, 0.3) is 0 Å². The Kier molecular flexibility index (Phi) is 3.91. The van der Waals surface area contributed by atoms with Crippen LogP contribution >= 0.6 is 11.6 Å². The van der Waals surface area contributed by atoms with Crippen LogP contribution in [-0.2, 0) is 4.79 Å². The molecule has 0 aliphatic carbocycles. The largest absolute Gasteiger partial charge is 0.481 e. The lowest BCUT2D eigenvalue weighted by atomic mass is 9.98. The molecule has 1 unspecified atom stereocenters. The molecule has 1 rings (SSSR count). The Morgan fingerprint density at radius 1 is 1.67 bits per heavy atom. The number of carboxylic acids is 1. The molecular formula is C10H12ClNO3. The van der Waals surface area contributed by atoms with Gasteiger partial charge in [0.15, 0.2) is 0 Å². The van der Waals surface area contributed by atoms with Crippen molar-refractivity contribution >= 4 is 17.6 Å². The molecular weight excluding hydrogens is 218 g/mol. The van der Waals surface area contributed by atoms with Crippen molar-refractivity contribution in [3.8, 4) is 5.88 Å². The van der Waals surface area contributed by atoms with Gasteiger partial charge in [-0.25, -0.2) is 4.98 Å². The number of hydrogen-bond donors (Lipinski definition) is 1. The Morgan fingerprint density at radius 3 is 2.80 bits per heavy atom. The van der Waals surface area contributed by atoms with Gasteiger partial charge in [0.25, 0.3) is 0 Å². The van der Waals surface area contributed by atoms with Crippen molar-refractivity contribution in [2.24, 2.45) is 0 Å². The first-order chi connectivity index (χ1) is 7.10. The second kappa shape index (κ2) is 4.98. The maximum atomic E-state index is 11.0. The van der Waals surface area contributed by atoms with E-state index in [0.29, 0.717) is 12.0 Å². The van der Waals surface area contributed by atoms with Crippen LogP contribution in [0.15, 0.2) is 12.1 Å². The van der Waals surface area contributed by atoms with Gasteiger partial charge in [0.05, 0.1) is 13.0 Å². The zero-order valence-electron chi connectivity index (χ0n) is 8.53. The van der Waals surface area contributed by atoms with E-state index < -0.39 is 11.9 Å². The summed E-state index contributed by atoms with van der Waals surface area (Å²) < 4.78 is 5.00. The molecule has 0 amide bonds. The molecule has 1 aromatic heterocycles. The molecule has 4 nitrogen and oxygen atoms in total. The maximum Gasteiger partial charge on any atom is 0.311 e. The molecule has 0 fully saturated rings. The van der Waals surface area contributed by atoms with Gasteiger partial charge in [0, 0.05) is 5.56 Å². The van der Waals surface area contributed by atoms with Crippen LogP contribution in [0, 0.1) is 0 Å². The molecule has 15 heavy (non-hydrogen) atoms. The summed E-state index contributed by atoms with van der Waals surface area (Å²) in [6.45, 7) is 1.80. The average molecular weight is 230 g/mol. The molecule has 1 N–H and O–H groups in total. The Morgan fingerprint density at radius 2 is 2.33 bits per heavy atom. The minimum absolute atomic E-state index is 0.275. The van der Waals surface area contributed by atoms with E-state index >= 15 is 0 Å². The predicted molar refractivity (Wildman–Crippen MR) is 56.5 cm³/mol. The minimum atomic E-state index is -0.889. The number of rotatable bonds is 4. The van der Waals surface area contributed by atoms with Crippen LogP contribution in [0.3, 0.4) is 0 Å². The topological polar surface area (TPSA) is 59.4 Å². The van der Waals surface area contributed by atoms with Crippen molar-refractivity contribution in [1.29, 1.82) is 0 Å². The molecule has 0 radical (unpaired) electrons. The fourth-order valence-corrected chi connectivity index (χ4v) is 1.52. The van der Waals surface area contributed by atoms with Gasteiger partial charge >= 0.3 is 5.97 Å². The lowest BCUT2D eigenvalue weighted by Crippen LogP contribution is -2.12. The Hall–Kier alpha value is -1.29. The first-order valence-corrected chi connectivity index (χ1v) is 4.91. The van der Waals surface area contributed by atoms with Crippen LogP contribution in [0.2, 0.25) is 5.15 Å². The highest BCUT2D eigenvalue weighted by Gasteiger charge is 2.22. The van der Waals surface area contributed by atoms with Gasteiger partial charge in [-0.1, -0.05) is 18.5 Å². The Bertz CT molecular complexity index is 368. The number of carboxylic acid groups (broad SMARTS) is 1. The standard InChI is InChI=1S/C10H12ClNO3/c1-3-6(10(13)14)7-4-5-8(11)12-9(7)15-2/h4-6H,3H2,1-2H3,(H,13,14). The second-order valence-electron chi connectivity index (χ2n) is 3.03. The second-order valence-corrected chi connectivity index (χ2v) is 3.42. The highest BCUT2D eigenvalue weighted by Crippen LogP contribution is 2.28. The van der Waals surface area contributed by atoms with E-state index in [1.165, 1.54) is 7.11 Å². The van der Waals surface area contributed by atoms with Gasteiger partial charge in [-0.3, -0.25) is 4.79 Å². The molecule has 0 aromatic carbocycles. The number of methoxy groups -OCH3 is 1. The molecule has 5 heteroatoms. The third-order valence-electron chi connectivity index (χ3n) is 2.13. The summed E-state index contributed by atoms with van der Waals surface area (Å²) in [7, 11) is 1.44. The normalized spacial score (nSPS) is 12.2. The van der Waals surface area contributed by atoms with E-state index in [0.717, 1.165) is 0 Å². The summed E-state index contributed by atoms with van der Waals surface area (Å²) in [5, 5.41) is 9.29. The molecule has 1 atom stereocenters. The number of hydrogen-bond acceptors (Lipinski definition) is 3. The van der Waals surface area contributed by atoms with E-state index in [9.17, 15) is 4.79 Å². The number of halogens is 1. The summed E-state index contributed by atoms with van der Waals surface area (Å²) in [5.41, 5.74) is 0.553. The van der Waals surface area contributed by atoms with Crippen LogP contribution < -0.4 is 4.74 Å². The maximum absolute atomic E-state index is 11.0. The first kappa shape index (κ1) is 11.8. The summed E-state index contributed by atoms with van der Waals surface area (Å²) in [5.74, 6) is -1.22. The van der Waals surface area contributed by atoms with Crippen molar-refractivity contribution in [2.45, 2.75) is 19.3 Å². The lowest BCUT2D eigenvalue weighted by molar-refractivity contribution is -0.138. The van der Waals surface area contributed by atoms with E-state index in [-0.39, 0.29) is 11.0 Å². The number of aromatic nitrogens is 1. The van der Waals surface area contributed by atoms with Crippen LogP contribution in [0.4, 0.5) is 0 Å². The summed E-state index contributed by atoms with van der Waals surface area (Å²) in [6.07, 6.45) is 0.481. The zero-order valence-corrected chi connectivity index (χ0v) is 9.28. The molecule has 1 aromatic rings. The van der Waals surface area contributed by atoms with Crippen molar-refractivity contribution in [3.63, 3.8) is 0 Å². The van der Waals surface area contributed by atoms with Crippen molar-refractivity contribution in [2.75, 3.05) is 7.11 Å². The van der Waals surface area contributed by atoms with Gasteiger partial charge in [0.1, 0.15) is 5.15 Å². The summed E-state index contributed by atoms with van der Waals surface area (Å²) in [4.78, 5) is 14.9. The van der Waals surface area contributed by atoms with Gasteiger partial charge in [-0.05, 0) is 18.6 Å². The molecule has 1 heterocycles. The van der Waals surface area contributed by atoms with Crippen molar-refractivity contribution < 1.29 is 14.6 Å². The van der Waals surface area contributed by atoms with Crippen LogP contribution in [-0.4, -0.2) is 23.2 Å². The van der Waals surface area contributed by atoms with E-state index in [1.807, 2.05) is 0 Å². The van der Waals surface area contributed by atoms with Gasteiger partial charge in [-0.2, -0.15) is 0 Å². The fraction of sp³-hybridized carbons (Fsp3) is 0.400. The smallest absolute Gasteiger partial charge is 0.311 e. The van der Waals surface area contributed by atoms with Crippen molar-refractivity contribution in [1.82, 2.24) is 4.98 Å². The average Bonchev–Trinajstić information content (AvgIpc) is 2.20. The molecule has 82 valence electrons. The Labute approximate surface area is 92.8 Å². The molecule has 0 spiro atoms. The number of ether oxygens (including phenoxy) is 1. The third kappa shape index (κ3) is 2.59. The summed E-state index contributed by atoms with van der Waals surface area (Å²) in [6, 6.07) is 3.20. The number of aliphatic carboxylic acids is 1. The quantitative estimate of drug-likeness (QED) is 0.805. The fourth-order valence-electron chi connectivity index (χ4n) is 1.38. The molecule has 0 saturated carbocycles. The Balaban J connectivity index is 3.16. The molecule has 0 aliphatic rings. The van der Waals surface area contributed by atoms with E-state index in [1.54, 1.807) is 19.1 Å². The molecule has 0 bridgehead atoms. The zero-order chi connectivity index (χ0) is 11.4. The first-order valence-electron chi connectivity index (χ1n) is 4.53. The SMILES string of the molecule is CCC(C(=O)O)c1ccc(Cl)nc1OC. The third-order valence-corrected chi connectivity index (χ3v) is 2.34. The lowest BCUT2D eigenvalue weighted by Gasteiger charge is -2.13. The van der Waals surface area contributed by atoms with E-state index in [2.05, 4.69) is 4.98 Å². The monoisotopic (exact) mass is 229 g/mol. The van der Waals surface area contributed by atoms with Crippen molar-refractivity contribution in [3.05, 3.63) is 22.8 Å². The van der Waals surface area contributed by atoms with E-state index in [4.69, 9.17) is 21.4 Å². The summed E-state index contributed by atoms with van der Waals surface area (Å²) >= 11 is 5.68. The van der Waals surface area contributed by atoms with Gasteiger partial charge < -0.3 is 9.84 Å². The highest BCUT2D eigenvalue weighted by molar-refractivity contribution is 6.29.